The van der Waals surface area contributed by atoms with Crippen LogP contribution in [-0.2, 0) is 0 Å². The van der Waals surface area contributed by atoms with Crippen LogP contribution >= 0.6 is 0 Å². The van der Waals surface area contributed by atoms with Crippen molar-refractivity contribution in [2.45, 2.75) is 86.5 Å². The predicted molar refractivity (Wildman–Crippen MR) is 93.3 cm³/mol. The number of rotatable bonds is 13. The number of hydrogen-bond donors (Lipinski definition) is 0. The highest BCUT2D eigenvalue weighted by atomic mass is 15.1. The molecule has 122 valence electrons. The van der Waals surface area contributed by atoms with Gasteiger partial charge in [0.15, 0.2) is 0 Å². The molecule has 2 atom stereocenters. The van der Waals surface area contributed by atoms with Gasteiger partial charge in [0.25, 0.3) is 0 Å². The van der Waals surface area contributed by atoms with Crippen LogP contribution in [0, 0.1) is 17.8 Å². The standard InChI is InChI=1S/C19H41N/c1-7-10-19(12-11-17(4)5)16-20(14-8-2)15-13-18(6)9-3/h17-19H,7-16H2,1-6H3. The summed E-state index contributed by atoms with van der Waals surface area (Å²) in [6.45, 7) is 18.0. The van der Waals surface area contributed by atoms with Gasteiger partial charge in [0, 0.05) is 6.54 Å². The quantitative estimate of drug-likeness (QED) is 0.401. The summed E-state index contributed by atoms with van der Waals surface area (Å²) in [6.07, 6.45) is 9.57. The molecule has 0 saturated heterocycles. The van der Waals surface area contributed by atoms with E-state index < -0.39 is 0 Å². The molecule has 0 radical (unpaired) electrons. The Morgan fingerprint density at radius 2 is 1.45 bits per heavy atom. The van der Waals surface area contributed by atoms with Crippen LogP contribution in [-0.4, -0.2) is 24.5 Å². The lowest BCUT2D eigenvalue weighted by Gasteiger charge is -2.28. The minimum Gasteiger partial charge on any atom is -0.303 e. The fraction of sp³-hybridized carbons (Fsp3) is 1.00. The second-order valence-corrected chi connectivity index (χ2v) is 7.23. The van der Waals surface area contributed by atoms with Crippen LogP contribution in [0.2, 0.25) is 0 Å². The smallest absolute Gasteiger partial charge is 0.000965 e. The third kappa shape index (κ3) is 10.7. The molecule has 0 fully saturated rings. The van der Waals surface area contributed by atoms with Crippen molar-refractivity contribution in [1.82, 2.24) is 4.90 Å². The van der Waals surface area contributed by atoms with Crippen LogP contribution < -0.4 is 0 Å². The van der Waals surface area contributed by atoms with E-state index in [1.54, 1.807) is 0 Å². The van der Waals surface area contributed by atoms with Gasteiger partial charge in [-0.05, 0) is 56.5 Å². The van der Waals surface area contributed by atoms with Gasteiger partial charge in [0.05, 0.1) is 0 Å². The molecule has 0 amide bonds. The Morgan fingerprint density at radius 3 is 1.95 bits per heavy atom. The number of nitrogens with zero attached hydrogens (tertiary/aromatic N) is 1. The first-order chi connectivity index (χ1) is 9.53. The summed E-state index contributed by atoms with van der Waals surface area (Å²) in [6, 6.07) is 0. The zero-order chi connectivity index (χ0) is 15.4. The van der Waals surface area contributed by atoms with E-state index in [9.17, 15) is 0 Å². The zero-order valence-electron chi connectivity index (χ0n) is 15.3. The minimum atomic E-state index is 0.856. The maximum atomic E-state index is 2.74. The molecule has 0 bridgehead atoms. The predicted octanol–water partition coefficient (Wildman–Crippen LogP) is 5.99. The Hall–Kier alpha value is -0.0400. The normalized spacial score (nSPS) is 15.0. The largest absolute Gasteiger partial charge is 0.303 e. The highest BCUT2D eigenvalue weighted by molar-refractivity contribution is 4.68. The summed E-state index contributed by atoms with van der Waals surface area (Å²) in [5, 5.41) is 0. The molecule has 20 heavy (non-hydrogen) atoms. The average molecular weight is 284 g/mol. The molecule has 0 aromatic carbocycles. The fourth-order valence-corrected chi connectivity index (χ4v) is 2.89. The molecule has 0 spiro atoms. The van der Waals surface area contributed by atoms with Crippen LogP contribution in [0.3, 0.4) is 0 Å². The molecule has 0 rings (SSSR count). The third-order valence-corrected chi connectivity index (χ3v) is 4.54. The van der Waals surface area contributed by atoms with Crippen molar-refractivity contribution in [3.63, 3.8) is 0 Å². The van der Waals surface area contributed by atoms with Gasteiger partial charge in [-0.15, -0.1) is 0 Å². The highest BCUT2D eigenvalue weighted by Crippen LogP contribution is 2.19. The molecule has 2 unspecified atom stereocenters. The first kappa shape index (κ1) is 20.0. The van der Waals surface area contributed by atoms with Crippen molar-refractivity contribution in [3.05, 3.63) is 0 Å². The maximum absolute atomic E-state index is 2.74. The van der Waals surface area contributed by atoms with Crippen molar-refractivity contribution in [2.24, 2.45) is 17.8 Å². The van der Waals surface area contributed by atoms with E-state index in [-0.39, 0.29) is 0 Å². The van der Waals surface area contributed by atoms with E-state index >= 15 is 0 Å². The summed E-state index contributed by atoms with van der Waals surface area (Å²) in [5.74, 6) is 2.66. The molecule has 0 heterocycles. The Bertz CT molecular complexity index is 200. The Morgan fingerprint density at radius 1 is 0.750 bits per heavy atom. The van der Waals surface area contributed by atoms with Gasteiger partial charge >= 0.3 is 0 Å². The first-order valence-electron chi connectivity index (χ1n) is 9.25. The van der Waals surface area contributed by atoms with E-state index in [1.165, 1.54) is 64.6 Å². The summed E-state index contributed by atoms with van der Waals surface area (Å²) < 4.78 is 0. The summed E-state index contributed by atoms with van der Waals surface area (Å²) >= 11 is 0. The fourth-order valence-electron chi connectivity index (χ4n) is 2.89. The van der Waals surface area contributed by atoms with Gasteiger partial charge in [-0.25, -0.2) is 0 Å². The van der Waals surface area contributed by atoms with E-state index in [2.05, 4.69) is 46.4 Å². The minimum absolute atomic E-state index is 0.856. The Balaban J connectivity index is 4.25. The summed E-state index contributed by atoms with van der Waals surface area (Å²) in [7, 11) is 0. The lowest BCUT2D eigenvalue weighted by Crippen LogP contribution is -2.32. The van der Waals surface area contributed by atoms with Crippen LogP contribution in [0.25, 0.3) is 0 Å². The molecule has 1 nitrogen and oxygen atoms in total. The van der Waals surface area contributed by atoms with Gasteiger partial charge in [-0.3, -0.25) is 0 Å². The van der Waals surface area contributed by atoms with Crippen molar-refractivity contribution < 1.29 is 0 Å². The third-order valence-electron chi connectivity index (χ3n) is 4.54. The maximum Gasteiger partial charge on any atom is 0.000965 e. The monoisotopic (exact) mass is 283 g/mol. The summed E-state index contributed by atoms with van der Waals surface area (Å²) in [5.41, 5.74) is 0. The summed E-state index contributed by atoms with van der Waals surface area (Å²) in [4.78, 5) is 2.74. The molecule has 0 aromatic rings. The molecule has 0 aliphatic rings. The molecule has 0 N–H and O–H groups in total. The van der Waals surface area contributed by atoms with E-state index in [4.69, 9.17) is 0 Å². The van der Waals surface area contributed by atoms with Crippen LogP contribution in [0.1, 0.15) is 86.5 Å². The Labute approximate surface area is 129 Å². The zero-order valence-corrected chi connectivity index (χ0v) is 15.3. The molecular weight excluding hydrogens is 242 g/mol. The van der Waals surface area contributed by atoms with E-state index in [0.717, 1.165) is 17.8 Å². The van der Waals surface area contributed by atoms with Crippen LogP contribution in [0.5, 0.6) is 0 Å². The molecular formula is C19H41N. The van der Waals surface area contributed by atoms with Crippen molar-refractivity contribution in [3.8, 4) is 0 Å². The van der Waals surface area contributed by atoms with Crippen molar-refractivity contribution >= 4 is 0 Å². The molecule has 1 heteroatoms. The number of hydrogen-bond acceptors (Lipinski definition) is 1. The van der Waals surface area contributed by atoms with E-state index in [1.807, 2.05) is 0 Å². The second-order valence-electron chi connectivity index (χ2n) is 7.23. The van der Waals surface area contributed by atoms with Gasteiger partial charge in [0.2, 0.25) is 0 Å². The van der Waals surface area contributed by atoms with Gasteiger partial charge in [-0.1, -0.05) is 60.8 Å². The van der Waals surface area contributed by atoms with Gasteiger partial charge in [-0.2, -0.15) is 0 Å². The Kier molecular flexibility index (Phi) is 12.7. The molecule has 0 saturated carbocycles. The lowest BCUT2D eigenvalue weighted by molar-refractivity contribution is 0.200. The second kappa shape index (κ2) is 12.7. The van der Waals surface area contributed by atoms with Crippen molar-refractivity contribution in [1.29, 1.82) is 0 Å². The SMILES string of the molecule is CCCC(CCC(C)C)CN(CCC)CCC(C)CC. The molecule has 0 aliphatic carbocycles. The average Bonchev–Trinajstić information content (AvgIpc) is 2.42. The van der Waals surface area contributed by atoms with E-state index in [0.29, 0.717) is 0 Å². The highest BCUT2D eigenvalue weighted by Gasteiger charge is 2.14. The van der Waals surface area contributed by atoms with Crippen LogP contribution in [0.4, 0.5) is 0 Å². The molecule has 0 aliphatic heterocycles. The van der Waals surface area contributed by atoms with Gasteiger partial charge in [0.1, 0.15) is 0 Å². The van der Waals surface area contributed by atoms with Gasteiger partial charge < -0.3 is 4.90 Å². The first-order valence-corrected chi connectivity index (χ1v) is 9.25. The topological polar surface area (TPSA) is 3.24 Å². The lowest BCUT2D eigenvalue weighted by atomic mass is 9.93. The molecule has 0 aromatic heterocycles. The van der Waals surface area contributed by atoms with Crippen LogP contribution in [0.15, 0.2) is 0 Å². The van der Waals surface area contributed by atoms with Crippen molar-refractivity contribution in [2.75, 3.05) is 19.6 Å².